The molecule has 2 rings (SSSR count). The average molecular weight is 276 g/mol. The van der Waals surface area contributed by atoms with Crippen LogP contribution < -0.4 is 10.6 Å². The molecule has 0 radical (unpaired) electrons. The molecule has 0 unspecified atom stereocenters. The first-order valence-corrected chi connectivity index (χ1v) is 6.74. The zero-order chi connectivity index (χ0) is 13.9. The monoisotopic (exact) mass is 276 g/mol. The molecule has 0 saturated carbocycles. The summed E-state index contributed by atoms with van der Waals surface area (Å²) in [6, 6.07) is 8.93. The molecule has 100 valence electrons. The summed E-state index contributed by atoms with van der Waals surface area (Å²) >= 11 is 1.38. The smallest absolute Gasteiger partial charge is 0.308 e. The number of nitrogens with zero attached hydrogens (tertiary/aromatic N) is 2. The second-order valence-corrected chi connectivity index (χ2v) is 6.09. The molecule has 2 N–H and O–H groups in total. The Bertz CT molecular complexity index is 560. The van der Waals surface area contributed by atoms with Gasteiger partial charge in [-0.15, -0.1) is 10.2 Å². The van der Waals surface area contributed by atoms with Crippen LogP contribution in [0.3, 0.4) is 0 Å². The van der Waals surface area contributed by atoms with Crippen LogP contribution in [-0.4, -0.2) is 16.2 Å². The first-order valence-electron chi connectivity index (χ1n) is 5.92. The van der Waals surface area contributed by atoms with E-state index in [2.05, 4.69) is 41.6 Å². The third-order valence-corrected chi connectivity index (χ3v) is 3.58. The molecule has 0 fully saturated rings. The van der Waals surface area contributed by atoms with E-state index in [-0.39, 0.29) is 11.4 Å². The van der Waals surface area contributed by atoms with Crippen molar-refractivity contribution in [1.82, 2.24) is 10.2 Å². The predicted octanol–water partition coefficient (Wildman–Crippen LogP) is 3.48. The van der Waals surface area contributed by atoms with Gasteiger partial charge in [0.1, 0.15) is 5.01 Å². The lowest BCUT2D eigenvalue weighted by atomic mass is 9.98. The normalized spacial score (nSPS) is 11.1. The summed E-state index contributed by atoms with van der Waals surface area (Å²) in [5.74, 6) is 0. The van der Waals surface area contributed by atoms with Gasteiger partial charge in [-0.2, -0.15) is 0 Å². The number of carbonyl (C=O) groups is 1. The standard InChI is InChI=1S/C13H16N4OS/c1-13(2,3)10-16-17-12(19-10)15-11(18)14-9-7-5-4-6-8-9/h4-8H,1-3H3,(H2,14,15,17,18). The largest absolute Gasteiger partial charge is 0.325 e. The molecule has 0 saturated heterocycles. The van der Waals surface area contributed by atoms with Crippen molar-refractivity contribution >= 4 is 28.2 Å². The van der Waals surface area contributed by atoms with E-state index in [4.69, 9.17) is 0 Å². The van der Waals surface area contributed by atoms with E-state index in [0.717, 1.165) is 10.7 Å². The van der Waals surface area contributed by atoms with Gasteiger partial charge >= 0.3 is 6.03 Å². The van der Waals surface area contributed by atoms with Crippen LogP contribution in [0.5, 0.6) is 0 Å². The Balaban J connectivity index is 1.98. The van der Waals surface area contributed by atoms with Gasteiger partial charge in [0, 0.05) is 11.1 Å². The number of hydrogen-bond acceptors (Lipinski definition) is 4. The Morgan fingerprint density at radius 1 is 1.11 bits per heavy atom. The van der Waals surface area contributed by atoms with Crippen LogP contribution in [-0.2, 0) is 5.41 Å². The minimum atomic E-state index is -0.317. The molecular weight excluding hydrogens is 260 g/mol. The molecule has 1 aromatic carbocycles. The van der Waals surface area contributed by atoms with Crippen molar-refractivity contribution in [2.75, 3.05) is 10.6 Å². The van der Waals surface area contributed by atoms with Gasteiger partial charge in [-0.25, -0.2) is 4.79 Å². The average Bonchev–Trinajstić information content (AvgIpc) is 2.78. The number of rotatable bonds is 2. The fraction of sp³-hybridized carbons (Fsp3) is 0.308. The Kier molecular flexibility index (Phi) is 3.80. The van der Waals surface area contributed by atoms with Crippen LogP contribution in [0.25, 0.3) is 0 Å². The van der Waals surface area contributed by atoms with E-state index in [1.807, 2.05) is 30.3 Å². The summed E-state index contributed by atoms with van der Waals surface area (Å²) in [6.07, 6.45) is 0. The maximum absolute atomic E-state index is 11.8. The minimum absolute atomic E-state index is 0.0620. The van der Waals surface area contributed by atoms with E-state index in [1.165, 1.54) is 11.3 Å². The molecule has 6 heteroatoms. The van der Waals surface area contributed by atoms with Crippen molar-refractivity contribution in [3.8, 4) is 0 Å². The van der Waals surface area contributed by atoms with Gasteiger partial charge < -0.3 is 5.32 Å². The Morgan fingerprint density at radius 3 is 2.37 bits per heavy atom. The van der Waals surface area contributed by atoms with E-state index in [0.29, 0.717) is 5.13 Å². The number of carbonyl (C=O) groups excluding carboxylic acids is 1. The molecule has 0 aliphatic rings. The van der Waals surface area contributed by atoms with Gasteiger partial charge in [0.2, 0.25) is 5.13 Å². The van der Waals surface area contributed by atoms with E-state index >= 15 is 0 Å². The third kappa shape index (κ3) is 3.75. The molecular formula is C13H16N4OS. The highest BCUT2D eigenvalue weighted by Crippen LogP contribution is 2.27. The highest BCUT2D eigenvalue weighted by Gasteiger charge is 2.19. The van der Waals surface area contributed by atoms with Crippen LogP contribution in [0.2, 0.25) is 0 Å². The summed E-state index contributed by atoms with van der Waals surface area (Å²) < 4.78 is 0. The number of para-hydroxylation sites is 1. The maximum Gasteiger partial charge on any atom is 0.325 e. The second kappa shape index (κ2) is 5.36. The Hall–Kier alpha value is -1.95. The Labute approximate surface area is 116 Å². The lowest BCUT2D eigenvalue weighted by Crippen LogP contribution is -2.19. The zero-order valence-electron chi connectivity index (χ0n) is 11.1. The number of amides is 2. The first-order chi connectivity index (χ1) is 8.95. The summed E-state index contributed by atoms with van der Waals surface area (Å²) in [5.41, 5.74) is 0.675. The number of nitrogens with one attached hydrogen (secondary N) is 2. The predicted molar refractivity (Wildman–Crippen MR) is 77.7 cm³/mol. The van der Waals surface area contributed by atoms with Gasteiger partial charge in [0.15, 0.2) is 0 Å². The molecule has 5 nitrogen and oxygen atoms in total. The minimum Gasteiger partial charge on any atom is -0.308 e. The van der Waals surface area contributed by atoms with Crippen LogP contribution >= 0.6 is 11.3 Å². The molecule has 1 heterocycles. The van der Waals surface area contributed by atoms with Crippen molar-refractivity contribution in [2.24, 2.45) is 0 Å². The van der Waals surface area contributed by atoms with Crippen LogP contribution in [0, 0.1) is 0 Å². The van der Waals surface area contributed by atoms with Crippen molar-refractivity contribution < 1.29 is 4.79 Å². The summed E-state index contributed by atoms with van der Waals surface area (Å²) in [4.78, 5) is 11.8. The lowest BCUT2D eigenvalue weighted by molar-refractivity contribution is 0.262. The van der Waals surface area contributed by atoms with Gasteiger partial charge in [-0.3, -0.25) is 5.32 Å². The van der Waals surface area contributed by atoms with E-state index in [1.54, 1.807) is 0 Å². The number of urea groups is 1. The SMILES string of the molecule is CC(C)(C)c1nnc(NC(=O)Nc2ccccc2)s1. The number of aromatic nitrogens is 2. The van der Waals surface area contributed by atoms with Crippen molar-refractivity contribution in [3.63, 3.8) is 0 Å². The van der Waals surface area contributed by atoms with Crippen LogP contribution in [0.4, 0.5) is 15.6 Å². The summed E-state index contributed by atoms with van der Waals surface area (Å²) in [7, 11) is 0. The topological polar surface area (TPSA) is 66.9 Å². The molecule has 0 aliphatic carbocycles. The fourth-order valence-corrected chi connectivity index (χ4v) is 2.15. The summed E-state index contributed by atoms with van der Waals surface area (Å²) in [5, 5.41) is 14.8. The number of benzene rings is 1. The molecule has 0 spiro atoms. The molecule has 2 aromatic rings. The van der Waals surface area contributed by atoms with E-state index < -0.39 is 0 Å². The fourth-order valence-electron chi connectivity index (χ4n) is 1.36. The molecule has 0 atom stereocenters. The second-order valence-electron chi connectivity index (χ2n) is 5.11. The first kappa shape index (κ1) is 13.5. The number of hydrogen-bond donors (Lipinski definition) is 2. The highest BCUT2D eigenvalue weighted by atomic mass is 32.1. The van der Waals surface area contributed by atoms with Gasteiger partial charge in [0.25, 0.3) is 0 Å². The van der Waals surface area contributed by atoms with Gasteiger partial charge in [0.05, 0.1) is 0 Å². The Morgan fingerprint density at radius 2 is 1.79 bits per heavy atom. The molecule has 0 bridgehead atoms. The maximum atomic E-state index is 11.8. The van der Waals surface area contributed by atoms with Crippen molar-refractivity contribution in [2.45, 2.75) is 26.2 Å². The van der Waals surface area contributed by atoms with Crippen LogP contribution in [0.1, 0.15) is 25.8 Å². The van der Waals surface area contributed by atoms with Gasteiger partial charge in [-0.05, 0) is 12.1 Å². The highest BCUT2D eigenvalue weighted by molar-refractivity contribution is 7.15. The molecule has 2 amide bonds. The third-order valence-electron chi connectivity index (χ3n) is 2.32. The quantitative estimate of drug-likeness (QED) is 0.882. The van der Waals surface area contributed by atoms with Gasteiger partial charge in [-0.1, -0.05) is 50.3 Å². The summed E-state index contributed by atoms with van der Waals surface area (Å²) in [6.45, 7) is 6.17. The number of anilines is 2. The lowest BCUT2D eigenvalue weighted by Gasteiger charge is -2.12. The zero-order valence-corrected chi connectivity index (χ0v) is 11.9. The van der Waals surface area contributed by atoms with Crippen molar-refractivity contribution in [3.05, 3.63) is 35.3 Å². The molecule has 19 heavy (non-hydrogen) atoms. The molecule has 0 aliphatic heterocycles. The molecule has 1 aromatic heterocycles. The van der Waals surface area contributed by atoms with Crippen LogP contribution in [0.15, 0.2) is 30.3 Å². The van der Waals surface area contributed by atoms with E-state index in [9.17, 15) is 4.79 Å². The van der Waals surface area contributed by atoms with Crippen molar-refractivity contribution in [1.29, 1.82) is 0 Å².